The van der Waals surface area contributed by atoms with Crippen LogP contribution >= 0.6 is 0 Å². The van der Waals surface area contributed by atoms with Gasteiger partial charge < -0.3 is 0 Å². The summed E-state index contributed by atoms with van der Waals surface area (Å²) in [6, 6.07) is 42.4. The zero-order valence-corrected chi connectivity index (χ0v) is 22.7. The Labute approximate surface area is 244 Å². The molecule has 1 aromatic heterocycles. The molecular formula is C38H24N4. The highest BCUT2D eigenvalue weighted by atomic mass is 14.7. The molecule has 196 valence electrons. The lowest BCUT2D eigenvalue weighted by Crippen LogP contribution is -2.09. The minimum absolute atomic E-state index is 0.145. The van der Waals surface area contributed by atoms with Gasteiger partial charge in [-0.15, -0.1) is 0 Å². The van der Waals surface area contributed by atoms with Crippen molar-refractivity contribution in [2.45, 2.75) is 0 Å². The first-order valence-electron chi connectivity index (χ1n) is 13.9. The van der Waals surface area contributed by atoms with E-state index in [0.717, 1.165) is 33.7 Å². The summed E-state index contributed by atoms with van der Waals surface area (Å²) in [5, 5.41) is 23.1. The second-order valence-corrected chi connectivity index (χ2v) is 10.4. The van der Waals surface area contributed by atoms with Gasteiger partial charge in [0.15, 0.2) is 0 Å². The van der Waals surface area contributed by atoms with Gasteiger partial charge in [-0.25, -0.2) is 0 Å². The molecule has 0 radical (unpaired) electrons. The lowest BCUT2D eigenvalue weighted by molar-refractivity contribution is 0.826. The lowest BCUT2D eigenvalue weighted by Gasteiger charge is -2.18. The molecule has 1 aliphatic rings. The molecule has 4 heteroatoms. The van der Waals surface area contributed by atoms with Crippen LogP contribution in [0, 0.1) is 28.6 Å². The van der Waals surface area contributed by atoms with E-state index in [9.17, 15) is 0 Å². The quantitative estimate of drug-likeness (QED) is 0.211. The van der Waals surface area contributed by atoms with Gasteiger partial charge in [-0.1, -0.05) is 103 Å². The number of aliphatic imine (C=N–C) groups is 1. The molecule has 1 aliphatic heterocycles. The first-order valence-corrected chi connectivity index (χ1v) is 13.9. The molecule has 0 saturated heterocycles. The van der Waals surface area contributed by atoms with Crippen molar-refractivity contribution in [3.63, 3.8) is 0 Å². The van der Waals surface area contributed by atoms with E-state index in [-0.39, 0.29) is 5.92 Å². The SMILES string of the molecule is N#Cc1ccc(-c2ccc(-c3c4ccccc4c(-c4ccc(C5=NCC(C#N)C=C5)cc4)c4ccccc34)cc2)nc1. The number of nitrogens with zero attached hydrogens (tertiary/aromatic N) is 4. The highest BCUT2D eigenvalue weighted by Gasteiger charge is 2.17. The molecule has 0 N–H and O–H groups in total. The first kappa shape index (κ1) is 25.1. The summed E-state index contributed by atoms with van der Waals surface area (Å²) in [5.41, 5.74) is 9.07. The highest BCUT2D eigenvalue weighted by molar-refractivity contribution is 6.21. The molecule has 1 atom stereocenters. The Hall–Kier alpha value is -5.84. The second kappa shape index (κ2) is 10.6. The fraction of sp³-hybridized carbons (Fsp3) is 0.0526. The van der Waals surface area contributed by atoms with Crippen LogP contribution in [0.15, 0.2) is 133 Å². The van der Waals surface area contributed by atoms with E-state index >= 15 is 0 Å². The van der Waals surface area contributed by atoms with Crippen LogP contribution in [0.5, 0.6) is 0 Å². The molecule has 4 nitrogen and oxygen atoms in total. The number of rotatable bonds is 4. The Balaban J connectivity index is 1.34. The fourth-order valence-electron chi connectivity index (χ4n) is 5.79. The van der Waals surface area contributed by atoms with Gasteiger partial charge in [0.1, 0.15) is 6.07 Å². The van der Waals surface area contributed by atoms with Crippen LogP contribution < -0.4 is 0 Å². The molecule has 6 aromatic rings. The Bertz CT molecular complexity index is 2050. The standard InChI is InChI=1S/C38H24N4/c39-21-25-9-19-35(41-23-25)27-11-15-29(16-12-27)37-31-5-1-2-6-32(31)38(34-8-4-3-7-33(34)37)30-17-13-28(14-18-30)36-20-10-26(22-40)24-42-36/h1-20,23,26H,24H2. The minimum atomic E-state index is -0.145. The van der Waals surface area contributed by atoms with E-state index in [2.05, 4.69) is 119 Å². The second-order valence-electron chi connectivity index (χ2n) is 10.4. The van der Waals surface area contributed by atoms with Crippen LogP contribution in [-0.2, 0) is 0 Å². The zero-order valence-electron chi connectivity index (χ0n) is 22.7. The van der Waals surface area contributed by atoms with Gasteiger partial charge in [-0.3, -0.25) is 9.98 Å². The van der Waals surface area contributed by atoms with Gasteiger partial charge in [0.05, 0.1) is 35.5 Å². The lowest BCUT2D eigenvalue weighted by atomic mass is 9.85. The number of benzene rings is 5. The topological polar surface area (TPSA) is 72.8 Å². The molecule has 1 unspecified atom stereocenters. The Kier molecular flexibility index (Phi) is 6.36. The average Bonchev–Trinajstić information content (AvgIpc) is 3.07. The van der Waals surface area contributed by atoms with E-state index in [1.165, 1.54) is 32.7 Å². The number of aromatic nitrogens is 1. The van der Waals surface area contributed by atoms with Gasteiger partial charge in [-0.05, 0) is 67.6 Å². The Morgan fingerprint density at radius 3 is 1.55 bits per heavy atom. The first-order chi connectivity index (χ1) is 20.7. The van der Waals surface area contributed by atoms with E-state index in [0.29, 0.717) is 12.1 Å². The van der Waals surface area contributed by atoms with Gasteiger partial charge in [0.25, 0.3) is 0 Å². The number of hydrogen-bond acceptors (Lipinski definition) is 4. The molecule has 2 heterocycles. The number of pyridine rings is 1. The normalized spacial score (nSPS) is 14.3. The summed E-state index contributed by atoms with van der Waals surface area (Å²) in [5.74, 6) is -0.145. The van der Waals surface area contributed by atoms with Crippen LogP contribution in [0.1, 0.15) is 11.1 Å². The van der Waals surface area contributed by atoms with Crippen molar-refractivity contribution < 1.29 is 0 Å². The van der Waals surface area contributed by atoms with Crippen molar-refractivity contribution >= 4 is 27.3 Å². The maximum Gasteiger partial charge on any atom is 0.101 e. The predicted molar refractivity (Wildman–Crippen MR) is 170 cm³/mol. The minimum Gasteiger partial charge on any atom is -0.283 e. The summed E-state index contributed by atoms with van der Waals surface area (Å²) in [6.45, 7) is 0.506. The molecule has 7 rings (SSSR count). The Morgan fingerprint density at radius 2 is 1.12 bits per heavy atom. The zero-order chi connectivity index (χ0) is 28.5. The van der Waals surface area contributed by atoms with Crippen LogP contribution in [0.2, 0.25) is 0 Å². The highest BCUT2D eigenvalue weighted by Crippen LogP contribution is 2.43. The molecule has 42 heavy (non-hydrogen) atoms. The maximum atomic E-state index is 9.17. The van der Waals surface area contributed by atoms with Crippen molar-refractivity contribution in [3.8, 4) is 45.6 Å². The molecular weight excluding hydrogens is 512 g/mol. The number of dihydropyridines is 1. The summed E-state index contributed by atoms with van der Waals surface area (Å²) >= 11 is 0. The third-order valence-electron chi connectivity index (χ3n) is 7.87. The molecule has 0 bridgehead atoms. The van der Waals surface area contributed by atoms with Gasteiger partial charge >= 0.3 is 0 Å². The van der Waals surface area contributed by atoms with E-state index in [1.54, 1.807) is 12.3 Å². The van der Waals surface area contributed by atoms with E-state index in [4.69, 9.17) is 10.5 Å². The molecule has 0 saturated carbocycles. The van der Waals surface area contributed by atoms with Crippen molar-refractivity contribution in [2.24, 2.45) is 10.9 Å². The van der Waals surface area contributed by atoms with E-state index < -0.39 is 0 Å². The van der Waals surface area contributed by atoms with Gasteiger partial charge in [-0.2, -0.15) is 10.5 Å². The third-order valence-corrected chi connectivity index (χ3v) is 7.87. The smallest absolute Gasteiger partial charge is 0.101 e. The number of fused-ring (bicyclic) bond motifs is 2. The van der Waals surface area contributed by atoms with Gasteiger partial charge in [0.2, 0.25) is 0 Å². The number of allylic oxidation sites excluding steroid dienone is 1. The molecule has 0 aliphatic carbocycles. The maximum absolute atomic E-state index is 9.17. The Morgan fingerprint density at radius 1 is 0.595 bits per heavy atom. The number of nitriles is 2. The monoisotopic (exact) mass is 536 g/mol. The average molecular weight is 537 g/mol. The molecule has 0 spiro atoms. The molecule has 5 aromatic carbocycles. The molecule has 0 amide bonds. The van der Waals surface area contributed by atoms with Crippen molar-refractivity contribution in [1.82, 2.24) is 4.98 Å². The van der Waals surface area contributed by atoms with Gasteiger partial charge in [0, 0.05) is 11.8 Å². The number of hydrogen-bond donors (Lipinski definition) is 0. The van der Waals surface area contributed by atoms with Crippen LogP contribution in [0.25, 0.3) is 55.1 Å². The summed E-state index contributed by atoms with van der Waals surface area (Å²) in [6.07, 6.45) is 5.50. The largest absolute Gasteiger partial charge is 0.283 e. The van der Waals surface area contributed by atoms with Crippen molar-refractivity contribution in [3.05, 3.63) is 139 Å². The third kappa shape index (κ3) is 4.42. The summed E-state index contributed by atoms with van der Waals surface area (Å²) in [4.78, 5) is 9.09. The van der Waals surface area contributed by atoms with Crippen LogP contribution in [0.4, 0.5) is 0 Å². The predicted octanol–water partition coefficient (Wildman–Crippen LogP) is 8.76. The summed E-state index contributed by atoms with van der Waals surface area (Å²) < 4.78 is 0. The van der Waals surface area contributed by atoms with Crippen LogP contribution in [-0.4, -0.2) is 17.2 Å². The van der Waals surface area contributed by atoms with E-state index in [1.807, 2.05) is 18.2 Å². The molecule has 0 fully saturated rings. The fourth-order valence-corrected chi connectivity index (χ4v) is 5.79. The van der Waals surface area contributed by atoms with Crippen LogP contribution in [0.3, 0.4) is 0 Å². The van der Waals surface area contributed by atoms with Crippen molar-refractivity contribution in [1.29, 1.82) is 10.5 Å². The summed E-state index contributed by atoms with van der Waals surface area (Å²) in [7, 11) is 0. The van der Waals surface area contributed by atoms with Crippen molar-refractivity contribution in [2.75, 3.05) is 6.54 Å².